The van der Waals surface area contributed by atoms with Crippen molar-refractivity contribution in [1.29, 1.82) is 0 Å². The molecule has 30 heavy (non-hydrogen) atoms. The largest absolute Gasteiger partial charge is 0.388 e. The summed E-state index contributed by atoms with van der Waals surface area (Å²) in [5.74, 6) is -1.25. The molecule has 2 unspecified atom stereocenters. The molecule has 0 aliphatic carbocycles. The molecule has 2 aromatic carbocycles. The summed E-state index contributed by atoms with van der Waals surface area (Å²) in [7, 11) is -0.361. The number of rotatable bonds is 10. The molecule has 0 saturated heterocycles. The summed E-state index contributed by atoms with van der Waals surface area (Å²) in [5, 5.41) is -1.40. The van der Waals surface area contributed by atoms with E-state index < -0.39 is 17.1 Å². The van der Waals surface area contributed by atoms with E-state index in [0.29, 0.717) is 17.5 Å². The van der Waals surface area contributed by atoms with Crippen molar-refractivity contribution in [2.24, 2.45) is 5.92 Å². The second kappa shape index (κ2) is 11.2. The third-order valence-corrected chi connectivity index (χ3v) is 6.68. The van der Waals surface area contributed by atoms with Crippen LogP contribution in [0.2, 0.25) is 0 Å². The Labute approximate surface area is 181 Å². The third kappa shape index (κ3) is 5.43. The van der Waals surface area contributed by atoms with Gasteiger partial charge in [-0.3, -0.25) is 4.57 Å². The van der Waals surface area contributed by atoms with Crippen LogP contribution in [0.25, 0.3) is 0 Å². The Morgan fingerprint density at radius 1 is 1.00 bits per heavy atom. The van der Waals surface area contributed by atoms with Crippen LogP contribution in [0.1, 0.15) is 73.0 Å². The van der Waals surface area contributed by atoms with Crippen LogP contribution in [0, 0.1) is 19.8 Å². The van der Waals surface area contributed by atoms with Crippen LogP contribution in [0.4, 0.5) is 0 Å². The van der Waals surface area contributed by atoms with Crippen molar-refractivity contribution in [1.82, 2.24) is 0 Å². The number of hydrogen-bond acceptors (Lipinski definition) is 4. The molecule has 0 aliphatic rings. The number of esters is 2. The highest BCUT2D eigenvalue weighted by atomic mass is 31.1. The zero-order chi connectivity index (χ0) is 22.1. The van der Waals surface area contributed by atoms with Gasteiger partial charge in [-0.05, 0) is 42.9 Å². The molecular formula is C25H31O4P. The van der Waals surface area contributed by atoms with Crippen molar-refractivity contribution in [2.45, 2.75) is 65.0 Å². The second-order valence-electron chi connectivity index (χ2n) is 7.88. The average molecular weight is 426 g/mol. The molecule has 4 nitrogen and oxygen atoms in total. The lowest BCUT2D eigenvalue weighted by atomic mass is 9.84. The van der Waals surface area contributed by atoms with Gasteiger partial charge in [0, 0.05) is 0 Å². The Kier molecular flexibility index (Phi) is 8.92. The predicted octanol–water partition coefficient (Wildman–Crippen LogP) is 6.78. The van der Waals surface area contributed by atoms with Crippen molar-refractivity contribution in [2.75, 3.05) is 0 Å². The van der Waals surface area contributed by atoms with Crippen molar-refractivity contribution < 1.29 is 18.9 Å². The smallest absolute Gasteiger partial charge is 0.346 e. The third-order valence-electron chi connectivity index (χ3n) is 5.74. The molecule has 0 bridgehead atoms. The Balaban J connectivity index is 2.41. The molecule has 160 valence electrons. The zero-order valence-corrected chi connectivity index (χ0v) is 19.2. The van der Waals surface area contributed by atoms with Crippen LogP contribution < -0.4 is 0 Å². The first kappa shape index (κ1) is 24.0. The van der Waals surface area contributed by atoms with Gasteiger partial charge in [0.25, 0.3) is 0 Å². The van der Waals surface area contributed by atoms with E-state index in [1.165, 1.54) is 0 Å². The minimum atomic E-state index is -1.40. The van der Waals surface area contributed by atoms with Crippen LogP contribution in [0.15, 0.2) is 48.5 Å². The van der Waals surface area contributed by atoms with Gasteiger partial charge in [-0.2, -0.15) is 0 Å². The fourth-order valence-electron chi connectivity index (χ4n) is 3.88. The first-order valence-corrected chi connectivity index (χ1v) is 11.4. The Bertz CT molecular complexity index is 858. The summed E-state index contributed by atoms with van der Waals surface area (Å²) < 4.78 is 17.9. The molecule has 0 saturated carbocycles. The molecule has 2 rings (SSSR count). The van der Waals surface area contributed by atoms with E-state index in [-0.39, 0.29) is 14.4 Å². The Morgan fingerprint density at radius 2 is 1.63 bits per heavy atom. The lowest BCUT2D eigenvalue weighted by molar-refractivity contribution is -0.141. The second-order valence-corrected chi connectivity index (χ2v) is 8.83. The van der Waals surface area contributed by atoms with Crippen molar-refractivity contribution in [3.05, 3.63) is 70.8 Å². The van der Waals surface area contributed by atoms with E-state index in [2.05, 4.69) is 13.8 Å². The fourth-order valence-corrected chi connectivity index (χ4v) is 4.58. The summed E-state index contributed by atoms with van der Waals surface area (Å²) >= 11 is 0. The number of unbranched alkanes of at least 4 members (excludes halogenated alkanes) is 1. The van der Waals surface area contributed by atoms with E-state index in [1.54, 1.807) is 12.1 Å². The molecule has 0 aromatic heterocycles. The van der Waals surface area contributed by atoms with Crippen LogP contribution in [0.5, 0.6) is 0 Å². The molecule has 0 heterocycles. The summed E-state index contributed by atoms with van der Waals surface area (Å²) in [6.07, 6.45) is 4.27. The molecule has 2 aromatic rings. The number of carbonyl (C=O) groups excluding carboxylic acids is 2. The molecular weight excluding hydrogens is 395 g/mol. The zero-order valence-electron chi connectivity index (χ0n) is 18.3. The van der Waals surface area contributed by atoms with Crippen molar-refractivity contribution in [3.8, 4) is 0 Å². The van der Waals surface area contributed by atoms with Gasteiger partial charge in [0.15, 0.2) is 13.6 Å². The van der Waals surface area contributed by atoms with E-state index in [9.17, 15) is 14.2 Å². The number of aryl methyl sites for hydroxylation is 2. The van der Waals surface area contributed by atoms with Crippen LogP contribution >= 0.6 is 8.46 Å². The van der Waals surface area contributed by atoms with Gasteiger partial charge >= 0.3 is 11.9 Å². The lowest BCUT2D eigenvalue weighted by Crippen LogP contribution is -2.36. The van der Waals surface area contributed by atoms with Crippen LogP contribution in [-0.2, 0) is 19.3 Å². The predicted molar refractivity (Wildman–Crippen MR) is 120 cm³/mol. The van der Waals surface area contributed by atoms with E-state index in [0.717, 1.165) is 36.8 Å². The number of hydrogen-bond donors (Lipinski definition) is 0. The summed E-state index contributed by atoms with van der Waals surface area (Å²) in [5.41, 5.74) is 2.48. The fraction of sp³-hybridized carbons (Fsp3) is 0.440. The first-order chi connectivity index (χ1) is 14.4. The molecule has 0 amide bonds. The molecule has 0 fully saturated rings. The molecule has 0 N–H and O–H groups in total. The van der Waals surface area contributed by atoms with E-state index in [4.69, 9.17) is 4.74 Å². The van der Waals surface area contributed by atoms with Crippen LogP contribution in [0.3, 0.4) is 0 Å². The van der Waals surface area contributed by atoms with Gasteiger partial charge in [-0.15, -0.1) is 0 Å². The topological polar surface area (TPSA) is 60.4 Å². The quantitative estimate of drug-likeness (QED) is 0.239. The van der Waals surface area contributed by atoms with Crippen molar-refractivity contribution >= 4 is 20.4 Å². The summed E-state index contributed by atoms with van der Waals surface area (Å²) in [4.78, 5) is 26.2. The molecule has 0 radical (unpaired) electrons. The standard InChI is InChI=1S/C25H31O4P/c1-5-7-14-20(6-2)17-25(30-28,21-15-9-8-10-16-21)24(27)29-23(26)22-18(3)12-11-13-19(22)4/h8-13,15-16,20H,5-7,14,17H2,1-4H3. The highest BCUT2D eigenvalue weighted by Crippen LogP contribution is 2.44. The molecule has 5 heteroatoms. The van der Waals surface area contributed by atoms with E-state index >= 15 is 0 Å². The highest BCUT2D eigenvalue weighted by molar-refractivity contribution is 7.27. The molecule has 0 spiro atoms. The maximum Gasteiger partial charge on any atom is 0.346 e. The van der Waals surface area contributed by atoms with Gasteiger partial charge in [0.05, 0.1) is 5.56 Å². The van der Waals surface area contributed by atoms with E-state index in [1.807, 2.05) is 50.2 Å². The Hall–Kier alpha value is -2.32. The number of carbonyl (C=O) groups is 2. The average Bonchev–Trinajstić information content (AvgIpc) is 2.74. The van der Waals surface area contributed by atoms with Crippen molar-refractivity contribution in [3.63, 3.8) is 0 Å². The normalized spacial score (nSPS) is 14.1. The minimum Gasteiger partial charge on any atom is -0.388 e. The Morgan fingerprint density at radius 3 is 2.17 bits per heavy atom. The first-order valence-electron chi connectivity index (χ1n) is 10.6. The van der Waals surface area contributed by atoms with Gasteiger partial charge < -0.3 is 4.74 Å². The molecule has 2 atom stereocenters. The maximum atomic E-state index is 13.4. The summed E-state index contributed by atoms with van der Waals surface area (Å²) in [6, 6.07) is 14.5. The van der Waals surface area contributed by atoms with Crippen LogP contribution in [-0.4, -0.2) is 11.9 Å². The highest BCUT2D eigenvalue weighted by Gasteiger charge is 2.46. The molecule has 0 aliphatic heterocycles. The van der Waals surface area contributed by atoms with Gasteiger partial charge in [0.2, 0.25) is 0 Å². The van der Waals surface area contributed by atoms with Gasteiger partial charge in [0.1, 0.15) is 0 Å². The number of ether oxygens (including phenoxy) is 1. The van der Waals surface area contributed by atoms with Gasteiger partial charge in [-0.1, -0.05) is 88.1 Å². The summed E-state index contributed by atoms with van der Waals surface area (Å²) in [6.45, 7) is 7.82. The van der Waals surface area contributed by atoms with Gasteiger partial charge in [-0.25, -0.2) is 9.59 Å². The maximum absolute atomic E-state index is 13.4. The minimum absolute atomic E-state index is 0.203. The monoisotopic (exact) mass is 426 g/mol. The SMILES string of the molecule is CCCCC(CC)CC(P=O)(C(=O)OC(=O)c1c(C)cccc1C)c1ccccc1. The number of benzene rings is 2. The lowest BCUT2D eigenvalue weighted by Gasteiger charge is -2.29.